The van der Waals surface area contributed by atoms with Crippen LogP contribution in [-0.4, -0.2) is 17.9 Å². The van der Waals surface area contributed by atoms with Gasteiger partial charge in [-0.25, -0.2) is 4.98 Å². The monoisotopic (exact) mass is 235 g/mol. The normalized spacial score (nSPS) is 10.6. The number of aromatic nitrogens is 1. The van der Waals surface area contributed by atoms with Gasteiger partial charge in [-0.15, -0.1) is 0 Å². The molecule has 0 amide bonds. The van der Waals surface area contributed by atoms with Crippen LogP contribution in [0, 0.1) is 5.92 Å². The Hall–Kier alpha value is -1.38. The molecule has 1 aromatic rings. The summed E-state index contributed by atoms with van der Waals surface area (Å²) in [5.74, 6) is 1.55. The molecule has 1 heterocycles. The van der Waals surface area contributed by atoms with Crippen LogP contribution in [0.1, 0.15) is 38.7 Å². The summed E-state index contributed by atoms with van der Waals surface area (Å²) < 4.78 is 4.97. The molecule has 0 fully saturated rings. The predicted octanol–water partition coefficient (Wildman–Crippen LogP) is 3.03. The molecule has 0 spiro atoms. The van der Waals surface area contributed by atoms with Crippen LogP contribution in [-0.2, 0) is 11.2 Å². The summed E-state index contributed by atoms with van der Waals surface area (Å²) in [6.45, 7) is 4.36. The number of rotatable bonds is 7. The van der Waals surface area contributed by atoms with E-state index in [1.807, 2.05) is 6.07 Å². The third-order valence-electron chi connectivity index (χ3n) is 2.65. The number of ether oxygens (including phenoxy) is 1. The van der Waals surface area contributed by atoms with E-state index >= 15 is 0 Å². The highest BCUT2D eigenvalue weighted by Crippen LogP contribution is 2.11. The second-order valence-electron chi connectivity index (χ2n) is 4.71. The molecule has 0 aliphatic heterocycles. The summed E-state index contributed by atoms with van der Waals surface area (Å²) >= 11 is 0. The van der Waals surface area contributed by atoms with E-state index in [9.17, 15) is 4.79 Å². The lowest BCUT2D eigenvalue weighted by Gasteiger charge is -2.04. The molecular weight excluding hydrogens is 214 g/mol. The average molecular weight is 235 g/mol. The number of methoxy groups -OCH3 is 1. The molecule has 0 saturated heterocycles. The number of hydrogen-bond acceptors (Lipinski definition) is 3. The van der Waals surface area contributed by atoms with Crippen molar-refractivity contribution in [3.05, 3.63) is 23.9 Å². The molecule has 17 heavy (non-hydrogen) atoms. The summed E-state index contributed by atoms with van der Waals surface area (Å²) in [6, 6.07) is 3.68. The highest BCUT2D eigenvalue weighted by atomic mass is 16.5. The van der Waals surface area contributed by atoms with Gasteiger partial charge in [0.15, 0.2) is 0 Å². The minimum Gasteiger partial charge on any atom is -0.481 e. The Labute approximate surface area is 103 Å². The van der Waals surface area contributed by atoms with Crippen molar-refractivity contribution in [2.75, 3.05) is 7.11 Å². The maximum Gasteiger partial charge on any atom is 0.212 e. The second kappa shape index (κ2) is 7.05. The Morgan fingerprint density at radius 1 is 1.41 bits per heavy atom. The topological polar surface area (TPSA) is 39.2 Å². The third kappa shape index (κ3) is 5.48. The fourth-order valence-corrected chi connectivity index (χ4v) is 1.66. The van der Waals surface area contributed by atoms with Crippen molar-refractivity contribution in [2.24, 2.45) is 5.92 Å². The van der Waals surface area contributed by atoms with E-state index in [0.717, 1.165) is 18.4 Å². The van der Waals surface area contributed by atoms with E-state index in [1.54, 1.807) is 19.4 Å². The standard InChI is InChI=1S/C14H21NO2/c1-11(2)5-4-6-13(16)9-12-7-8-14(17-3)15-10-12/h7-8,10-11H,4-6,9H2,1-3H3. The first-order chi connectivity index (χ1) is 8.11. The summed E-state index contributed by atoms with van der Waals surface area (Å²) in [7, 11) is 1.58. The lowest BCUT2D eigenvalue weighted by Crippen LogP contribution is -2.03. The molecule has 0 saturated carbocycles. The molecule has 0 bridgehead atoms. The number of ketones is 1. The van der Waals surface area contributed by atoms with Crippen molar-refractivity contribution in [2.45, 2.75) is 39.5 Å². The molecule has 0 aromatic carbocycles. The van der Waals surface area contributed by atoms with Crippen LogP contribution >= 0.6 is 0 Å². The molecule has 0 aliphatic carbocycles. The van der Waals surface area contributed by atoms with E-state index in [-0.39, 0.29) is 5.78 Å². The van der Waals surface area contributed by atoms with E-state index in [4.69, 9.17) is 4.74 Å². The van der Waals surface area contributed by atoms with Gasteiger partial charge in [0.1, 0.15) is 5.78 Å². The van der Waals surface area contributed by atoms with Crippen LogP contribution < -0.4 is 4.74 Å². The van der Waals surface area contributed by atoms with Crippen molar-refractivity contribution < 1.29 is 9.53 Å². The number of nitrogens with zero attached hydrogens (tertiary/aromatic N) is 1. The van der Waals surface area contributed by atoms with Crippen molar-refractivity contribution in [1.82, 2.24) is 4.98 Å². The Morgan fingerprint density at radius 2 is 2.18 bits per heavy atom. The maximum absolute atomic E-state index is 11.7. The Morgan fingerprint density at radius 3 is 2.71 bits per heavy atom. The number of Topliss-reactive ketones (excluding diaryl/α,β-unsaturated/α-hetero) is 1. The summed E-state index contributed by atoms with van der Waals surface area (Å²) in [4.78, 5) is 15.8. The molecule has 3 heteroatoms. The zero-order valence-corrected chi connectivity index (χ0v) is 10.9. The van der Waals surface area contributed by atoms with E-state index in [2.05, 4.69) is 18.8 Å². The molecule has 3 nitrogen and oxygen atoms in total. The van der Waals surface area contributed by atoms with Gasteiger partial charge in [0, 0.05) is 25.1 Å². The van der Waals surface area contributed by atoms with Crippen LogP contribution in [0.4, 0.5) is 0 Å². The van der Waals surface area contributed by atoms with Crippen LogP contribution in [0.15, 0.2) is 18.3 Å². The molecule has 94 valence electrons. The first kappa shape index (κ1) is 13.7. The van der Waals surface area contributed by atoms with Crippen molar-refractivity contribution >= 4 is 5.78 Å². The molecule has 0 radical (unpaired) electrons. The Balaban J connectivity index is 2.34. The molecule has 0 atom stereocenters. The Bertz CT molecular complexity index is 344. The highest BCUT2D eigenvalue weighted by molar-refractivity contribution is 5.80. The molecule has 0 aliphatic rings. The number of pyridine rings is 1. The largest absolute Gasteiger partial charge is 0.481 e. The zero-order valence-electron chi connectivity index (χ0n) is 10.9. The molecule has 1 rings (SSSR count). The lowest BCUT2D eigenvalue weighted by atomic mass is 10.0. The SMILES string of the molecule is COc1ccc(CC(=O)CCCC(C)C)cn1. The van der Waals surface area contributed by atoms with E-state index < -0.39 is 0 Å². The predicted molar refractivity (Wildman–Crippen MR) is 68.2 cm³/mol. The van der Waals surface area contributed by atoms with Crippen LogP contribution in [0.3, 0.4) is 0 Å². The quantitative estimate of drug-likeness (QED) is 0.729. The summed E-state index contributed by atoms with van der Waals surface area (Å²) in [5.41, 5.74) is 0.959. The lowest BCUT2D eigenvalue weighted by molar-refractivity contribution is -0.118. The fourth-order valence-electron chi connectivity index (χ4n) is 1.66. The van der Waals surface area contributed by atoms with Crippen LogP contribution in [0.5, 0.6) is 5.88 Å². The number of hydrogen-bond donors (Lipinski definition) is 0. The van der Waals surface area contributed by atoms with Crippen molar-refractivity contribution in [3.63, 3.8) is 0 Å². The van der Waals surface area contributed by atoms with Gasteiger partial charge in [0.2, 0.25) is 5.88 Å². The second-order valence-corrected chi connectivity index (χ2v) is 4.71. The van der Waals surface area contributed by atoms with E-state index in [0.29, 0.717) is 24.6 Å². The van der Waals surface area contributed by atoms with E-state index in [1.165, 1.54) is 0 Å². The van der Waals surface area contributed by atoms with Gasteiger partial charge in [-0.3, -0.25) is 4.79 Å². The minimum atomic E-state index is 0.289. The maximum atomic E-state index is 11.7. The number of carbonyl (C=O) groups is 1. The first-order valence-electron chi connectivity index (χ1n) is 6.12. The number of carbonyl (C=O) groups excluding carboxylic acids is 1. The van der Waals surface area contributed by atoms with Gasteiger partial charge in [-0.1, -0.05) is 26.3 Å². The average Bonchev–Trinajstić information content (AvgIpc) is 2.29. The molecule has 1 aromatic heterocycles. The van der Waals surface area contributed by atoms with Gasteiger partial charge in [0.05, 0.1) is 7.11 Å². The smallest absolute Gasteiger partial charge is 0.212 e. The third-order valence-corrected chi connectivity index (χ3v) is 2.65. The van der Waals surface area contributed by atoms with Gasteiger partial charge in [-0.2, -0.15) is 0 Å². The molecule has 0 N–H and O–H groups in total. The fraction of sp³-hybridized carbons (Fsp3) is 0.571. The molecular formula is C14H21NO2. The Kier molecular flexibility index (Phi) is 5.67. The summed E-state index contributed by atoms with van der Waals surface area (Å²) in [5, 5.41) is 0. The van der Waals surface area contributed by atoms with Crippen LogP contribution in [0.25, 0.3) is 0 Å². The minimum absolute atomic E-state index is 0.289. The first-order valence-corrected chi connectivity index (χ1v) is 6.12. The highest BCUT2D eigenvalue weighted by Gasteiger charge is 2.05. The van der Waals surface area contributed by atoms with Crippen molar-refractivity contribution in [3.8, 4) is 5.88 Å². The van der Waals surface area contributed by atoms with Gasteiger partial charge < -0.3 is 4.74 Å². The molecule has 0 unspecified atom stereocenters. The van der Waals surface area contributed by atoms with Gasteiger partial charge in [-0.05, 0) is 17.9 Å². The van der Waals surface area contributed by atoms with Gasteiger partial charge in [0.25, 0.3) is 0 Å². The van der Waals surface area contributed by atoms with Gasteiger partial charge >= 0.3 is 0 Å². The van der Waals surface area contributed by atoms with Crippen molar-refractivity contribution in [1.29, 1.82) is 0 Å². The summed E-state index contributed by atoms with van der Waals surface area (Å²) in [6.07, 6.45) is 4.96. The van der Waals surface area contributed by atoms with Crippen LogP contribution in [0.2, 0.25) is 0 Å². The zero-order chi connectivity index (χ0) is 12.7.